The van der Waals surface area contributed by atoms with Crippen molar-refractivity contribution in [2.45, 2.75) is 27.2 Å². The molecule has 1 aromatic heterocycles. The smallest absolute Gasteiger partial charge is 0.0551 e. The number of hydrogen-bond donors (Lipinski definition) is 1. The molecule has 1 nitrogen and oxygen atoms in total. The van der Waals surface area contributed by atoms with Gasteiger partial charge in [0.05, 0.1) is 11.0 Å². The maximum atomic E-state index is 3.98. The average molecular weight is 490 g/mol. The van der Waals surface area contributed by atoms with Gasteiger partial charge in [0.2, 0.25) is 0 Å². The maximum absolute atomic E-state index is 3.98. The van der Waals surface area contributed by atoms with Crippen LogP contribution in [0, 0.1) is 12.8 Å². The van der Waals surface area contributed by atoms with Crippen LogP contribution in [0.15, 0.2) is 103 Å². The average Bonchev–Trinajstić information content (AvgIpc) is 3.39. The molecule has 0 saturated heterocycles. The molecule has 0 aliphatic rings. The van der Waals surface area contributed by atoms with E-state index in [0.29, 0.717) is 5.92 Å². The van der Waals surface area contributed by atoms with Crippen LogP contribution in [-0.4, -0.2) is 4.98 Å². The highest BCUT2D eigenvalue weighted by atomic mass is 14.7. The highest BCUT2D eigenvalue weighted by molar-refractivity contribution is 6.36. The molecule has 184 valence electrons. The zero-order valence-corrected chi connectivity index (χ0v) is 22.2. The zero-order chi connectivity index (χ0) is 25.8. The second kappa shape index (κ2) is 8.89. The van der Waals surface area contributed by atoms with Crippen LogP contribution in [0.2, 0.25) is 0 Å². The molecular formula is C37H31N. The van der Waals surface area contributed by atoms with Crippen molar-refractivity contribution in [1.82, 2.24) is 4.98 Å². The van der Waals surface area contributed by atoms with Gasteiger partial charge in [-0.25, -0.2) is 0 Å². The first kappa shape index (κ1) is 22.8. The first-order valence-electron chi connectivity index (χ1n) is 13.7. The summed E-state index contributed by atoms with van der Waals surface area (Å²) < 4.78 is 0. The number of H-pyrrole nitrogens is 1. The highest BCUT2D eigenvalue weighted by Gasteiger charge is 2.20. The molecule has 1 heterocycles. The van der Waals surface area contributed by atoms with E-state index < -0.39 is 0 Å². The Labute approximate surface area is 223 Å². The topological polar surface area (TPSA) is 15.8 Å². The van der Waals surface area contributed by atoms with Crippen molar-refractivity contribution >= 4 is 65.8 Å². The number of rotatable bonds is 4. The van der Waals surface area contributed by atoms with E-state index in [-0.39, 0.29) is 0 Å². The number of allylic oxidation sites excluding steroid dienone is 1. The Hall–Kier alpha value is -4.36. The number of aryl methyl sites for hydroxylation is 1. The van der Waals surface area contributed by atoms with E-state index >= 15 is 0 Å². The van der Waals surface area contributed by atoms with Crippen molar-refractivity contribution in [3.05, 3.63) is 120 Å². The first-order chi connectivity index (χ1) is 18.7. The Morgan fingerprint density at radius 3 is 1.79 bits per heavy atom. The molecule has 1 heteroatoms. The number of benzene rings is 6. The lowest BCUT2D eigenvalue weighted by atomic mass is 9.87. The van der Waals surface area contributed by atoms with E-state index in [1.807, 2.05) is 0 Å². The summed E-state index contributed by atoms with van der Waals surface area (Å²) in [6, 6.07) is 37.5. The fraction of sp³-hybridized carbons (Fsp3) is 0.135. The van der Waals surface area contributed by atoms with Crippen LogP contribution in [0.25, 0.3) is 65.8 Å². The van der Waals surface area contributed by atoms with Gasteiger partial charge in [-0.2, -0.15) is 0 Å². The lowest BCUT2D eigenvalue weighted by Gasteiger charge is -2.17. The molecule has 1 unspecified atom stereocenters. The Morgan fingerprint density at radius 2 is 1.13 bits per heavy atom. The normalized spacial score (nSPS) is 13.3. The van der Waals surface area contributed by atoms with Crippen LogP contribution in [-0.2, 0) is 0 Å². The molecule has 0 saturated carbocycles. The van der Waals surface area contributed by atoms with Crippen LogP contribution in [0.5, 0.6) is 0 Å². The minimum absolute atomic E-state index is 0.448. The molecule has 0 aliphatic heterocycles. The summed E-state index contributed by atoms with van der Waals surface area (Å²) in [5.41, 5.74) is 7.77. The lowest BCUT2D eigenvalue weighted by molar-refractivity contribution is 0.720. The molecule has 0 radical (unpaired) electrons. The van der Waals surface area contributed by atoms with E-state index in [1.165, 1.54) is 76.4 Å². The van der Waals surface area contributed by atoms with Crippen molar-refractivity contribution in [2.24, 2.45) is 5.92 Å². The molecular weight excluding hydrogens is 458 g/mol. The third kappa shape index (κ3) is 3.32. The van der Waals surface area contributed by atoms with Crippen molar-refractivity contribution < 1.29 is 0 Å². The third-order valence-electron chi connectivity index (χ3n) is 8.51. The van der Waals surface area contributed by atoms with Gasteiger partial charge in [-0.15, -0.1) is 0 Å². The Morgan fingerprint density at radius 1 is 0.632 bits per heavy atom. The van der Waals surface area contributed by atoms with Gasteiger partial charge in [-0.1, -0.05) is 117 Å². The molecule has 6 aromatic carbocycles. The third-order valence-corrected chi connectivity index (χ3v) is 8.51. The van der Waals surface area contributed by atoms with Gasteiger partial charge < -0.3 is 4.98 Å². The van der Waals surface area contributed by atoms with Crippen LogP contribution in [0.1, 0.15) is 37.0 Å². The van der Waals surface area contributed by atoms with Crippen molar-refractivity contribution in [3.63, 3.8) is 0 Å². The molecule has 0 bridgehead atoms. The number of aromatic amines is 1. The van der Waals surface area contributed by atoms with Crippen molar-refractivity contribution in [1.29, 1.82) is 0 Å². The maximum Gasteiger partial charge on any atom is 0.0551 e. The fourth-order valence-electron chi connectivity index (χ4n) is 6.37. The molecule has 7 rings (SSSR count). The molecule has 0 fully saturated rings. The lowest BCUT2D eigenvalue weighted by Crippen LogP contribution is -1.98. The van der Waals surface area contributed by atoms with Gasteiger partial charge in [0.25, 0.3) is 0 Å². The number of hydrogen-bond acceptors (Lipinski definition) is 0. The van der Waals surface area contributed by atoms with Gasteiger partial charge >= 0.3 is 0 Å². The number of aromatic nitrogens is 1. The van der Waals surface area contributed by atoms with Crippen LogP contribution >= 0.6 is 0 Å². The number of fused-ring (bicyclic) bond motifs is 10. The molecule has 38 heavy (non-hydrogen) atoms. The summed E-state index contributed by atoms with van der Waals surface area (Å²) in [5.74, 6) is 0.448. The molecule has 0 aliphatic carbocycles. The molecule has 1 N–H and O–H groups in total. The molecule has 0 amide bonds. The standard InChI is InChI=1S/C37H31N/c1-4-23(2)32(25-14-6-5-7-15-25)22-33-24(3)26-16-8-11-19-29(26)34-35-30-20-12-9-17-27(30)28-18-10-13-21-31(28)36(35)38-37(33)34/h5-23,38H,4H2,1-3H3/b32-22+. The van der Waals surface area contributed by atoms with Gasteiger partial charge in [0.15, 0.2) is 0 Å². The summed E-state index contributed by atoms with van der Waals surface area (Å²) in [7, 11) is 0. The summed E-state index contributed by atoms with van der Waals surface area (Å²) in [5, 5.41) is 10.5. The van der Waals surface area contributed by atoms with Crippen molar-refractivity contribution in [3.8, 4) is 0 Å². The Balaban J connectivity index is 1.72. The SMILES string of the molecule is CCC(C)/C(=C\c1c(C)c2ccccc2c2c1[nH]c1c3ccccc3c3ccccc3c12)c1ccccc1. The fourth-order valence-corrected chi connectivity index (χ4v) is 6.37. The molecule has 7 aromatic rings. The predicted molar refractivity (Wildman–Crippen MR) is 167 cm³/mol. The quantitative estimate of drug-likeness (QED) is 0.187. The van der Waals surface area contributed by atoms with Gasteiger partial charge in [0, 0.05) is 21.7 Å². The molecule has 0 spiro atoms. The second-order valence-electron chi connectivity index (χ2n) is 10.6. The minimum atomic E-state index is 0.448. The second-order valence-corrected chi connectivity index (χ2v) is 10.6. The zero-order valence-electron chi connectivity index (χ0n) is 22.2. The van der Waals surface area contributed by atoms with Crippen LogP contribution in [0.4, 0.5) is 0 Å². The summed E-state index contributed by atoms with van der Waals surface area (Å²) in [6.45, 7) is 6.92. The summed E-state index contributed by atoms with van der Waals surface area (Å²) in [4.78, 5) is 3.98. The van der Waals surface area contributed by atoms with Crippen LogP contribution in [0.3, 0.4) is 0 Å². The Bertz CT molecular complexity index is 2020. The van der Waals surface area contributed by atoms with Crippen molar-refractivity contribution in [2.75, 3.05) is 0 Å². The predicted octanol–water partition coefficient (Wildman–Crippen LogP) is 10.7. The first-order valence-corrected chi connectivity index (χ1v) is 13.7. The van der Waals surface area contributed by atoms with Gasteiger partial charge in [-0.3, -0.25) is 0 Å². The largest absolute Gasteiger partial charge is 0.353 e. The number of nitrogens with one attached hydrogen (secondary N) is 1. The summed E-state index contributed by atoms with van der Waals surface area (Å²) in [6.07, 6.45) is 3.56. The highest BCUT2D eigenvalue weighted by Crippen LogP contribution is 2.44. The minimum Gasteiger partial charge on any atom is -0.353 e. The van der Waals surface area contributed by atoms with Gasteiger partial charge in [-0.05, 0) is 69.0 Å². The van der Waals surface area contributed by atoms with E-state index in [9.17, 15) is 0 Å². The van der Waals surface area contributed by atoms with Gasteiger partial charge in [0.1, 0.15) is 0 Å². The molecule has 1 atom stereocenters. The Kier molecular flexibility index (Phi) is 5.33. The van der Waals surface area contributed by atoms with E-state index in [0.717, 1.165) is 6.42 Å². The van der Waals surface area contributed by atoms with Crippen LogP contribution < -0.4 is 0 Å². The van der Waals surface area contributed by atoms with E-state index in [4.69, 9.17) is 0 Å². The monoisotopic (exact) mass is 489 g/mol. The summed E-state index contributed by atoms with van der Waals surface area (Å²) >= 11 is 0. The van der Waals surface area contributed by atoms with E-state index in [2.05, 4.69) is 135 Å². The van der Waals surface area contributed by atoms with E-state index in [1.54, 1.807) is 0 Å².